The Labute approximate surface area is 78.4 Å². The second-order valence-electron chi connectivity index (χ2n) is 3.58. The van der Waals surface area contributed by atoms with Crippen molar-refractivity contribution in [3.05, 3.63) is 18.0 Å². The van der Waals surface area contributed by atoms with Crippen LogP contribution in [0.2, 0.25) is 0 Å². The van der Waals surface area contributed by atoms with E-state index < -0.39 is 6.10 Å². The van der Waals surface area contributed by atoms with Crippen molar-refractivity contribution >= 4 is 0 Å². The molecule has 4 nitrogen and oxygen atoms in total. The van der Waals surface area contributed by atoms with Gasteiger partial charge in [-0.15, -0.1) is 0 Å². The molecule has 1 heterocycles. The van der Waals surface area contributed by atoms with Crippen molar-refractivity contribution < 1.29 is 5.11 Å². The molecule has 13 heavy (non-hydrogen) atoms. The molecule has 0 saturated carbocycles. The van der Waals surface area contributed by atoms with Gasteiger partial charge in [-0.25, -0.2) is 0 Å². The highest BCUT2D eigenvalue weighted by atomic mass is 16.3. The molecule has 0 bridgehead atoms. The van der Waals surface area contributed by atoms with Crippen molar-refractivity contribution in [2.45, 2.75) is 26.5 Å². The van der Waals surface area contributed by atoms with Gasteiger partial charge in [-0.2, -0.15) is 5.10 Å². The van der Waals surface area contributed by atoms with Crippen molar-refractivity contribution in [2.75, 3.05) is 6.54 Å². The lowest BCUT2D eigenvalue weighted by Crippen LogP contribution is -2.18. The van der Waals surface area contributed by atoms with Crippen LogP contribution in [0, 0.1) is 5.92 Å². The maximum Gasteiger partial charge on any atom is 0.108 e. The molecule has 0 aliphatic rings. The molecule has 74 valence electrons. The first-order chi connectivity index (χ1) is 6.15. The maximum absolute atomic E-state index is 9.53. The van der Waals surface area contributed by atoms with Crippen LogP contribution in [-0.2, 0) is 6.54 Å². The standard InChI is InChI=1S/C9H17N3O/c1-7(2)6-12-8(3-4-11-12)9(13)5-10/h3-4,7,9,13H,5-6,10H2,1-2H3/t9-/m0/s1. The first-order valence-electron chi connectivity index (χ1n) is 4.55. The van der Waals surface area contributed by atoms with E-state index >= 15 is 0 Å². The normalized spacial score (nSPS) is 13.6. The van der Waals surface area contributed by atoms with Crippen LogP contribution < -0.4 is 5.73 Å². The second kappa shape index (κ2) is 4.39. The zero-order valence-corrected chi connectivity index (χ0v) is 8.14. The Morgan fingerprint density at radius 1 is 1.62 bits per heavy atom. The average Bonchev–Trinajstić information content (AvgIpc) is 2.50. The van der Waals surface area contributed by atoms with Crippen LogP contribution in [-0.4, -0.2) is 21.4 Å². The molecule has 0 unspecified atom stereocenters. The minimum Gasteiger partial charge on any atom is -0.385 e. The zero-order chi connectivity index (χ0) is 9.84. The SMILES string of the molecule is CC(C)Cn1nccc1[C@@H](O)CN. The molecule has 0 saturated heterocycles. The highest BCUT2D eigenvalue weighted by Gasteiger charge is 2.11. The van der Waals surface area contributed by atoms with Crippen LogP contribution in [0.4, 0.5) is 0 Å². The Hall–Kier alpha value is -0.870. The Morgan fingerprint density at radius 2 is 2.31 bits per heavy atom. The minimum atomic E-state index is -0.596. The van der Waals surface area contributed by atoms with Gasteiger partial charge in [-0.1, -0.05) is 13.8 Å². The van der Waals surface area contributed by atoms with E-state index in [2.05, 4.69) is 18.9 Å². The van der Waals surface area contributed by atoms with E-state index in [1.807, 2.05) is 4.68 Å². The molecule has 1 aromatic rings. The van der Waals surface area contributed by atoms with Gasteiger partial charge in [0.15, 0.2) is 0 Å². The van der Waals surface area contributed by atoms with Crippen molar-refractivity contribution in [1.82, 2.24) is 9.78 Å². The summed E-state index contributed by atoms with van der Waals surface area (Å²) < 4.78 is 1.81. The number of hydrogen-bond donors (Lipinski definition) is 2. The number of rotatable bonds is 4. The van der Waals surface area contributed by atoms with Gasteiger partial charge < -0.3 is 10.8 Å². The monoisotopic (exact) mass is 183 g/mol. The predicted molar refractivity (Wildman–Crippen MR) is 51.1 cm³/mol. The largest absolute Gasteiger partial charge is 0.385 e. The first kappa shape index (κ1) is 10.2. The molecular formula is C9H17N3O. The molecule has 4 heteroatoms. The summed E-state index contributed by atoms with van der Waals surface area (Å²) in [6.07, 6.45) is 1.09. The number of hydrogen-bond acceptors (Lipinski definition) is 3. The van der Waals surface area contributed by atoms with E-state index in [1.165, 1.54) is 0 Å². The molecule has 0 spiro atoms. The van der Waals surface area contributed by atoms with E-state index in [-0.39, 0.29) is 6.54 Å². The third-order valence-electron chi connectivity index (χ3n) is 1.85. The molecule has 0 aliphatic carbocycles. The minimum absolute atomic E-state index is 0.240. The van der Waals surface area contributed by atoms with Gasteiger partial charge in [-0.05, 0) is 12.0 Å². The van der Waals surface area contributed by atoms with Crippen LogP contribution >= 0.6 is 0 Å². The van der Waals surface area contributed by atoms with E-state index in [4.69, 9.17) is 5.73 Å². The van der Waals surface area contributed by atoms with Crippen molar-refractivity contribution in [2.24, 2.45) is 11.7 Å². The number of aromatic nitrogens is 2. The molecule has 0 fully saturated rings. The Kier molecular flexibility index (Phi) is 3.45. The topological polar surface area (TPSA) is 64.1 Å². The number of nitrogens with zero attached hydrogens (tertiary/aromatic N) is 2. The highest BCUT2D eigenvalue weighted by molar-refractivity contribution is 5.04. The third-order valence-corrected chi connectivity index (χ3v) is 1.85. The molecule has 1 aromatic heterocycles. The maximum atomic E-state index is 9.53. The Morgan fingerprint density at radius 3 is 2.85 bits per heavy atom. The lowest BCUT2D eigenvalue weighted by Gasteiger charge is -2.12. The van der Waals surface area contributed by atoms with Gasteiger partial charge in [0.2, 0.25) is 0 Å². The van der Waals surface area contributed by atoms with Crippen LogP contribution in [0.1, 0.15) is 25.6 Å². The Balaban J connectivity index is 2.76. The summed E-state index contributed by atoms with van der Waals surface area (Å²) in [4.78, 5) is 0. The van der Waals surface area contributed by atoms with Gasteiger partial charge in [0, 0.05) is 19.3 Å². The van der Waals surface area contributed by atoms with Crippen molar-refractivity contribution in [1.29, 1.82) is 0 Å². The third kappa shape index (κ3) is 2.54. The summed E-state index contributed by atoms with van der Waals surface area (Å²) in [5, 5.41) is 13.7. The van der Waals surface area contributed by atoms with E-state index in [0.29, 0.717) is 5.92 Å². The predicted octanol–water partition coefficient (Wildman–Crippen LogP) is 0.531. The molecular weight excluding hydrogens is 166 g/mol. The Bertz CT molecular complexity index is 257. The number of aliphatic hydroxyl groups is 1. The molecule has 0 aromatic carbocycles. The fourth-order valence-corrected chi connectivity index (χ4v) is 1.25. The summed E-state index contributed by atoms with van der Waals surface area (Å²) in [5.74, 6) is 0.517. The molecule has 1 rings (SSSR count). The first-order valence-corrected chi connectivity index (χ1v) is 4.55. The summed E-state index contributed by atoms with van der Waals surface area (Å²) in [7, 11) is 0. The fourth-order valence-electron chi connectivity index (χ4n) is 1.25. The van der Waals surface area contributed by atoms with E-state index in [9.17, 15) is 5.11 Å². The van der Waals surface area contributed by atoms with Crippen LogP contribution in [0.15, 0.2) is 12.3 Å². The summed E-state index contributed by atoms with van der Waals surface area (Å²) in [6.45, 7) is 5.28. The number of aliphatic hydroxyl groups excluding tert-OH is 1. The average molecular weight is 183 g/mol. The number of nitrogens with two attached hydrogens (primary N) is 1. The smallest absolute Gasteiger partial charge is 0.108 e. The van der Waals surface area contributed by atoms with Crippen molar-refractivity contribution in [3.63, 3.8) is 0 Å². The summed E-state index contributed by atoms with van der Waals surface area (Å²) in [5.41, 5.74) is 6.17. The fraction of sp³-hybridized carbons (Fsp3) is 0.667. The highest BCUT2D eigenvalue weighted by Crippen LogP contribution is 2.12. The molecule has 1 atom stereocenters. The lowest BCUT2D eigenvalue weighted by atomic mass is 10.2. The lowest BCUT2D eigenvalue weighted by molar-refractivity contribution is 0.173. The molecule has 0 aliphatic heterocycles. The van der Waals surface area contributed by atoms with Gasteiger partial charge in [-0.3, -0.25) is 4.68 Å². The summed E-state index contributed by atoms with van der Waals surface area (Å²) in [6, 6.07) is 1.81. The van der Waals surface area contributed by atoms with Crippen LogP contribution in [0.5, 0.6) is 0 Å². The molecule has 0 radical (unpaired) electrons. The van der Waals surface area contributed by atoms with Crippen LogP contribution in [0.25, 0.3) is 0 Å². The van der Waals surface area contributed by atoms with E-state index in [1.54, 1.807) is 12.3 Å². The zero-order valence-electron chi connectivity index (χ0n) is 8.14. The quantitative estimate of drug-likeness (QED) is 0.715. The van der Waals surface area contributed by atoms with Gasteiger partial charge in [0.25, 0.3) is 0 Å². The van der Waals surface area contributed by atoms with Gasteiger partial charge in [0.05, 0.1) is 5.69 Å². The van der Waals surface area contributed by atoms with Crippen LogP contribution in [0.3, 0.4) is 0 Å². The van der Waals surface area contributed by atoms with E-state index in [0.717, 1.165) is 12.2 Å². The summed E-state index contributed by atoms with van der Waals surface area (Å²) >= 11 is 0. The molecule has 3 N–H and O–H groups in total. The molecule has 0 amide bonds. The van der Waals surface area contributed by atoms with Crippen molar-refractivity contribution in [3.8, 4) is 0 Å². The second-order valence-corrected chi connectivity index (χ2v) is 3.58. The van der Waals surface area contributed by atoms with Gasteiger partial charge >= 0.3 is 0 Å². The van der Waals surface area contributed by atoms with Gasteiger partial charge in [0.1, 0.15) is 6.10 Å².